The summed E-state index contributed by atoms with van der Waals surface area (Å²) in [5.74, 6) is 1.91. The fourth-order valence-electron chi connectivity index (χ4n) is 1.69. The number of hydrogen-bond acceptors (Lipinski definition) is 4. The number of thioether (sulfide) groups is 1. The Balaban J connectivity index is 1.95. The van der Waals surface area contributed by atoms with Gasteiger partial charge in [-0.1, -0.05) is 30.8 Å². The molecule has 1 saturated heterocycles. The summed E-state index contributed by atoms with van der Waals surface area (Å²) in [5.41, 5.74) is 0.241. The number of hydrogen-bond donors (Lipinski definition) is 1. The fourth-order valence-corrected chi connectivity index (χ4v) is 3.03. The van der Waals surface area contributed by atoms with Gasteiger partial charge in [0.2, 0.25) is 0 Å². The zero-order chi connectivity index (χ0) is 11.4. The molecule has 1 N–H and O–H groups in total. The van der Waals surface area contributed by atoms with Crippen LogP contribution < -0.4 is 5.32 Å². The van der Waals surface area contributed by atoms with Crippen LogP contribution in [0, 0.1) is 0 Å². The summed E-state index contributed by atoms with van der Waals surface area (Å²) in [5, 5.41) is 8.20. The maximum Gasteiger partial charge on any atom is 0.158 e. The molecule has 0 bridgehead atoms. The predicted molar refractivity (Wildman–Crippen MR) is 66.5 cm³/mol. The van der Waals surface area contributed by atoms with Crippen LogP contribution in [0.2, 0.25) is 0 Å². The predicted octanol–water partition coefficient (Wildman–Crippen LogP) is 2.43. The molecule has 0 spiro atoms. The second-order valence-electron chi connectivity index (χ2n) is 4.00. The summed E-state index contributed by atoms with van der Waals surface area (Å²) in [6.07, 6.45) is 3.92. The Morgan fingerprint density at radius 3 is 2.94 bits per heavy atom. The summed E-state index contributed by atoms with van der Waals surface area (Å²) < 4.78 is 5.00. The van der Waals surface area contributed by atoms with E-state index in [4.69, 9.17) is 4.52 Å². The topological polar surface area (TPSA) is 50.4 Å². The molecule has 5 heteroatoms. The van der Waals surface area contributed by atoms with Crippen LogP contribution in [0.5, 0.6) is 0 Å². The molecule has 1 fully saturated rings. The van der Waals surface area contributed by atoms with Crippen LogP contribution in [0.25, 0.3) is 0 Å². The average molecular weight is 239 g/mol. The zero-order valence-electron chi connectivity index (χ0n) is 9.69. The van der Waals surface area contributed by atoms with Crippen molar-refractivity contribution >= 4 is 16.9 Å². The van der Waals surface area contributed by atoms with Gasteiger partial charge in [0.15, 0.2) is 10.9 Å². The van der Waals surface area contributed by atoms with E-state index in [1.165, 1.54) is 0 Å². The van der Waals surface area contributed by atoms with Crippen LogP contribution in [-0.4, -0.2) is 21.6 Å². The van der Waals surface area contributed by atoms with E-state index in [2.05, 4.69) is 29.3 Å². The Morgan fingerprint density at radius 2 is 2.38 bits per heavy atom. The highest BCUT2D eigenvalue weighted by Gasteiger charge is 2.33. The first-order chi connectivity index (χ1) is 7.78. The third-order valence-electron chi connectivity index (χ3n) is 3.08. The first-order valence-corrected chi connectivity index (χ1v) is 6.61. The Labute approximate surface area is 99.9 Å². The number of nitrogens with zero attached hydrogens (tertiary/aromatic N) is 2. The van der Waals surface area contributed by atoms with Crippen molar-refractivity contribution in [1.29, 1.82) is 0 Å². The smallest absolute Gasteiger partial charge is 0.158 e. The lowest BCUT2D eigenvalue weighted by Gasteiger charge is -2.25. The monoisotopic (exact) mass is 239 g/mol. The minimum atomic E-state index is 0.241. The van der Waals surface area contributed by atoms with Crippen molar-refractivity contribution in [2.45, 2.75) is 38.8 Å². The van der Waals surface area contributed by atoms with E-state index >= 15 is 0 Å². The Kier molecular flexibility index (Phi) is 3.53. The minimum absolute atomic E-state index is 0.241. The van der Waals surface area contributed by atoms with Crippen LogP contribution in [0.3, 0.4) is 0 Å². The van der Waals surface area contributed by atoms with E-state index in [-0.39, 0.29) is 5.54 Å². The molecule has 0 amide bonds. The normalized spacial score (nSPS) is 21.2. The lowest BCUT2D eigenvalue weighted by molar-refractivity contribution is 0.384. The van der Waals surface area contributed by atoms with Gasteiger partial charge in [0.1, 0.15) is 6.54 Å². The number of nitrogens with one attached hydrogen (secondary N) is 1. The van der Waals surface area contributed by atoms with E-state index < -0.39 is 0 Å². The van der Waals surface area contributed by atoms with Crippen LogP contribution in [0.15, 0.2) is 21.8 Å². The van der Waals surface area contributed by atoms with Crippen LogP contribution >= 0.6 is 11.8 Å². The van der Waals surface area contributed by atoms with Crippen molar-refractivity contribution in [3.8, 4) is 0 Å². The second kappa shape index (κ2) is 4.91. The molecule has 0 atom stereocenters. The first kappa shape index (κ1) is 11.5. The van der Waals surface area contributed by atoms with Crippen molar-refractivity contribution in [1.82, 2.24) is 10.5 Å². The molecule has 2 heterocycles. The summed E-state index contributed by atoms with van der Waals surface area (Å²) in [7, 11) is 0. The molecule has 16 heavy (non-hydrogen) atoms. The Bertz CT molecular complexity index is 357. The van der Waals surface area contributed by atoms with Crippen LogP contribution in [0.1, 0.15) is 32.4 Å². The van der Waals surface area contributed by atoms with Gasteiger partial charge in [-0.2, -0.15) is 0 Å². The van der Waals surface area contributed by atoms with Crippen molar-refractivity contribution in [2.75, 3.05) is 5.75 Å². The second-order valence-corrected chi connectivity index (χ2v) is 4.97. The van der Waals surface area contributed by atoms with E-state index in [1.807, 2.05) is 6.07 Å². The highest BCUT2D eigenvalue weighted by Crippen LogP contribution is 2.29. The minimum Gasteiger partial charge on any atom is -0.359 e. The molecule has 1 aliphatic heterocycles. The summed E-state index contributed by atoms with van der Waals surface area (Å²) in [6.45, 7) is 5.01. The Hall–Kier alpha value is -0.970. The molecule has 4 nitrogen and oxygen atoms in total. The first-order valence-electron chi connectivity index (χ1n) is 5.63. The number of rotatable bonds is 4. The maximum absolute atomic E-state index is 5.00. The largest absolute Gasteiger partial charge is 0.359 e. The molecule has 0 unspecified atom stereocenters. The van der Waals surface area contributed by atoms with Gasteiger partial charge in [-0.05, 0) is 12.8 Å². The van der Waals surface area contributed by atoms with Gasteiger partial charge < -0.3 is 9.84 Å². The third-order valence-corrected chi connectivity index (χ3v) is 4.28. The summed E-state index contributed by atoms with van der Waals surface area (Å²) >= 11 is 1.80. The van der Waals surface area contributed by atoms with Crippen LogP contribution in [0.4, 0.5) is 0 Å². The quantitative estimate of drug-likeness (QED) is 0.876. The molecule has 0 aromatic carbocycles. The lowest BCUT2D eigenvalue weighted by Crippen LogP contribution is -2.42. The van der Waals surface area contributed by atoms with Crippen LogP contribution in [-0.2, 0) is 6.54 Å². The molecule has 1 aromatic heterocycles. The van der Waals surface area contributed by atoms with Gasteiger partial charge >= 0.3 is 0 Å². The average Bonchev–Trinajstić information content (AvgIpc) is 2.96. The van der Waals surface area contributed by atoms with Crippen molar-refractivity contribution in [2.24, 2.45) is 4.99 Å². The molecule has 88 valence electrons. The standard InChI is InChI=1S/C11H17N3OS/c1-3-11(4-2)8-16-10(14-11)12-7-9-5-6-13-15-9/h5-6H,3-4,7-8H2,1-2H3,(H,12,14). The number of amidine groups is 1. The highest BCUT2D eigenvalue weighted by molar-refractivity contribution is 8.14. The van der Waals surface area contributed by atoms with E-state index in [9.17, 15) is 0 Å². The van der Waals surface area contributed by atoms with Gasteiger partial charge in [0.25, 0.3) is 0 Å². The molecular formula is C11H17N3OS. The van der Waals surface area contributed by atoms with Gasteiger partial charge in [0, 0.05) is 17.4 Å². The number of aliphatic imine (C=N–C) groups is 1. The van der Waals surface area contributed by atoms with Gasteiger partial charge in [0.05, 0.1) is 6.20 Å². The zero-order valence-corrected chi connectivity index (χ0v) is 10.5. The molecular weight excluding hydrogens is 222 g/mol. The molecule has 2 rings (SSSR count). The summed E-state index contributed by atoms with van der Waals surface area (Å²) in [6, 6.07) is 1.84. The fraction of sp³-hybridized carbons (Fsp3) is 0.636. The van der Waals surface area contributed by atoms with Crippen molar-refractivity contribution in [3.05, 3.63) is 18.0 Å². The van der Waals surface area contributed by atoms with Gasteiger partial charge in [-0.3, -0.25) is 4.99 Å². The number of aromatic nitrogens is 1. The highest BCUT2D eigenvalue weighted by atomic mass is 32.2. The third kappa shape index (κ3) is 2.40. The molecule has 0 aliphatic carbocycles. The van der Waals surface area contributed by atoms with Crippen molar-refractivity contribution < 1.29 is 4.52 Å². The molecule has 0 saturated carbocycles. The Morgan fingerprint density at radius 1 is 1.56 bits per heavy atom. The lowest BCUT2D eigenvalue weighted by atomic mass is 9.96. The van der Waals surface area contributed by atoms with E-state index in [1.54, 1.807) is 18.0 Å². The van der Waals surface area contributed by atoms with Gasteiger partial charge in [-0.15, -0.1) is 0 Å². The molecule has 1 aliphatic rings. The summed E-state index contributed by atoms with van der Waals surface area (Å²) in [4.78, 5) is 4.49. The SMILES string of the molecule is CCC1(CC)CSC(=NCc2ccno2)N1. The van der Waals surface area contributed by atoms with Gasteiger partial charge in [-0.25, -0.2) is 0 Å². The van der Waals surface area contributed by atoms with E-state index in [0.717, 1.165) is 29.5 Å². The van der Waals surface area contributed by atoms with E-state index in [0.29, 0.717) is 6.54 Å². The molecule has 0 radical (unpaired) electrons. The maximum atomic E-state index is 5.00. The van der Waals surface area contributed by atoms with Crippen molar-refractivity contribution in [3.63, 3.8) is 0 Å². The molecule has 1 aromatic rings.